The van der Waals surface area contributed by atoms with Gasteiger partial charge in [0.15, 0.2) is 41.3 Å². The van der Waals surface area contributed by atoms with E-state index in [1.165, 1.54) is 12.7 Å². The molecule has 7 heterocycles. The second-order valence-electron chi connectivity index (χ2n) is 10.9. The van der Waals surface area contributed by atoms with Crippen molar-refractivity contribution in [3.8, 4) is 0 Å². The lowest BCUT2D eigenvalue weighted by molar-refractivity contribution is -0.180. The van der Waals surface area contributed by atoms with E-state index >= 15 is 4.39 Å². The summed E-state index contributed by atoms with van der Waals surface area (Å²) < 4.78 is 69.2. The van der Waals surface area contributed by atoms with Crippen LogP contribution in [0.3, 0.4) is 0 Å². The molecule has 0 aromatic carbocycles. The summed E-state index contributed by atoms with van der Waals surface area (Å²) in [6.07, 6.45) is -3.70. The van der Waals surface area contributed by atoms with E-state index in [4.69, 9.17) is 51.1 Å². The summed E-state index contributed by atoms with van der Waals surface area (Å²) in [6, 6.07) is 0. The molecule has 7 N–H and O–H groups in total. The van der Waals surface area contributed by atoms with Crippen molar-refractivity contribution in [2.24, 2.45) is 0 Å². The van der Waals surface area contributed by atoms with Gasteiger partial charge in [0.05, 0.1) is 32.5 Å². The van der Waals surface area contributed by atoms with Gasteiger partial charge >= 0.3 is 14.5 Å². The highest BCUT2D eigenvalue weighted by Gasteiger charge is 2.56. The molecule has 0 spiro atoms. The summed E-state index contributed by atoms with van der Waals surface area (Å²) in [4.78, 5) is 56.0. The van der Waals surface area contributed by atoms with Crippen LogP contribution in [-0.4, -0.2) is 106 Å². The predicted molar refractivity (Wildman–Crippen MR) is 158 cm³/mol. The number of phosphoric ester groups is 1. The van der Waals surface area contributed by atoms with Crippen molar-refractivity contribution < 1.29 is 51.0 Å². The smallest absolute Gasteiger partial charge is 0.382 e. The highest BCUT2D eigenvalue weighted by molar-refractivity contribution is 8.07. The van der Waals surface area contributed by atoms with Gasteiger partial charge in [0.1, 0.15) is 35.8 Å². The summed E-state index contributed by atoms with van der Waals surface area (Å²) >= 11 is 5.27. The number of anilines is 2. The van der Waals surface area contributed by atoms with Crippen LogP contribution in [0.25, 0.3) is 22.3 Å². The van der Waals surface area contributed by atoms with Gasteiger partial charge < -0.3 is 40.0 Å². The van der Waals surface area contributed by atoms with Crippen LogP contribution >= 0.6 is 14.5 Å². The van der Waals surface area contributed by atoms with Crippen LogP contribution in [0.5, 0.6) is 0 Å². The molecule has 3 aliphatic rings. The number of hydrogen-bond donors (Lipinski definition) is 5. The fourth-order valence-electron chi connectivity index (χ4n) is 5.67. The first-order valence-corrected chi connectivity index (χ1v) is 17.8. The minimum Gasteiger partial charge on any atom is -0.382 e. The number of nitrogen functional groups attached to an aromatic ring is 2. The van der Waals surface area contributed by atoms with Gasteiger partial charge in [0, 0.05) is 13.5 Å². The average molecular weight is 721 g/mol. The number of nitrogens with zero attached hydrogens (tertiary/aromatic N) is 7. The van der Waals surface area contributed by atoms with Gasteiger partial charge in [0.25, 0.3) is 5.56 Å². The number of ether oxygens (including phenoxy) is 3. The minimum atomic E-state index is -4.53. The SMILES string of the molecule is COP(=O)(O)OC[C@H]1O[C@@H](n2cnc3c(=O)[nH]c(N)nc32)[C@H](OP(O)(=S)OC[C@]23CO[C@H](C2)[C@H](n2cnc4c(N)ncnc42)O3)[C@H]1F. The zero-order valence-corrected chi connectivity index (χ0v) is 26.7. The van der Waals surface area contributed by atoms with Crippen LogP contribution in [0.4, 0.5) is 16.2 Å². The first-order valence-electron chi connectivity index (χ1n) is 13.7. The fraction of sp³-hybridized carbons (Fsp3) is 0.545. The van der Waals surface area contributed by atoms with Crippen LogP contribution in [-0.2, 0) is 48.7 Å². The third kappa shape index (κ3) is 5.96. The number of rotatable bonds is 11. The van der Waals surface area contributed by atoms with E-state index in [-0.39, 0.29) is 36.1 Å². The molecule has 47 heavy (non-hydrogen) atoms. The Labute approximate surface area is 267 Å². The molecule has 2 bridgehead atoms. The molecule has 0 saturated carbocycles. The topological polar surface area (TPSA) is 281 Å². The lowest BCUT2D eigenvalue weighted by atomic mass is 10.0. The van der Waals surface area contributed by atoms with Gasteiger partial charge in [-0.1, -0.05) is 0 Å². The van der Waals surface area contributed by atoms with Crippen molar-refractivity contribution in [1.82, 2.24) is 39.0 Å². The molecule has 7 rings (SSSR count). The fourth-order valence-corrected chi connectivity index (χ4v) is 7.55. The summed E-state index contributed by atoms with van der Waals surface area (Å²) in [6.45, 7) is -5.27. The third-order valence-electron chi connectivity index (χ3n) is 7.85. The monoisotopic (exact) mass is 720 g/mol. The molecule has 3 aliphatic heterocycles. The maximum atomic E-state index is 16.0. The van der Waals surface area contributed by atoms with Gasteiger partial charge in [-0.15, -0.1) is 0 Å². The standard InChI is InChI=1S/C22H27FN10O11P2S/c1-38-45(35,36)40-3-10-11(23)14(20(42-10)33-8-29-13-17(33)30-21(25)31-18(13)34)44-46(37,47)41-5-22-2-9(39-4-22)19(43-22)32-7-28-12-15(24)26-6-27-16(12)32/h6-11,14,19-20H,2-5H2,1H3,(H,35,36)(H,37,47)(H2,24,26,27)(H3,25,30,31,34)/t9-,10-,11+,14-,19-,20-,22-,46?/m1/s1. The first-order chi connectivity index (χ1) is 22.3. The second-order valence-corrected chi connectivity index (χ2v) is 15.2. The Kier molecular flexibility index (Phi) is 8.18. The molecule has 4 aromatic heterocycles. The summed E-state index contributed by atoms with van der Waals surface area (Å²) in [5.41, 5.74) is 10.4. The van der Waals surface area contributed by atoms with E-state index in [0.29, 0.717) is 17.6 Å². The average Bonchev–Trinajstić information content (AvgIpc) is 3.85. The predicted octanol–water partition coefficient (Wildman–Crippen LogP) is -0.202. The molecule has 254 valence electrons. The summed E-state index contributed by atoms with van der Waals surface area (Å²) in [5, 5.41) is 0. The number of fused-ring (bicyclic) bond motifs is 4. The Morgan fingerprint density at radius 1 is 1.15 bits per heavy atom. The minimum absolute atomic E-state index is 0.0942. The molecule has 0 amide bonds. The third-order valence-corrected chi connectivity index (χ3v) is 10.3. The van der Waals surface area contributed by atoms with E-state index in [9.17, 15) is 19.1 Å². The number of hydrogen-bond acceptors (Lipinski definition) is 17. The molecule has 3 fully saturated rings. The van der Waals surface area contributed by atoms with E-state index in [1.807, 2.05) is 0 Å². The van der Waals surface area contributed by atoms with Crippen LogP contribution in [0, 0.1) is 0 Å². The normalized spacial score (nSPS) is 31.5. The quantitative estimate of drug-likeness (QED) is 0.125. The molecule has 0 radical (unpaired) electrons. The molecular formula is C22H27FN10O11P2S. The lowest BCUT2D eigenvalue weighted by Gasteiger charge is -2.32. The Hall–Kier alpha value is -3.05. The van der Waals surface area contributed by atoms with Crippen molar-refractivity contribution in [3.63, 3.8) is 0 Å². The first kappa shape index (κ1) is 32.5. The molecule has 21 nitrogen and oxygen atoms in total. The maximum absolute atomic E-state index is 16.0. The van der Waals surface area contributed by atoms with Crippen LogP contribution in [0.15, 0.2) is 23.8 Å². The number of nitrogens with one attached hydrogen (secondary N) is 1. The van der Waals surface area contributed by atoms with Gasteiger partial charge in [-0.2, -0.15) is 4.98 Å². The number of aromatic nitrogens is 8. The highest BCUT2D eigenvalue weighted by Crippen LogP contribution is 2.54. The molecule has 2 unspecified atom stereocenters. The largest absolute Gasteiger partial charge is 0.472 e. The summed E-state index contributed by atoms with van der Waals surface area (Å²) in [7, 11) is -3.60. The number of phosphoric acid groups is 1. The van der Waals surface area contributed by atoms with Gasteiger partial charge in [-0.25, -0.2) is 28.9 Å². The molecule has 25 heteroatoms. The number of imidazole rings is 2. The Balaban J connectivity index is 1.10. The zero-order valence-electron chi connectivity index (χ0n) is 24.1. The van der Waals surface area contributed by atoms with E-state index in [1.54, 1.807) is 4.57 Å². The molecule has 9 atom stereocenters. The number of alkyl halides is 1. The van der Waals surface area contributed by atoms with Gasteiger partial charge in [-0.05, 0) is 11.8 Å². The Bertz CT molecular complexity index is 2000. The summed E-state index contributed by atoms with van der Waals surface area (Å²) in [5.74, 6) is -0.0684. The number of nitrogens with two attached hydrogens (primary N) is 2. The van der Waals surface area contributed by atoms with Crippen molar-refractivity contribution >= 4 is 60.4 Å². The maximum Gasteiger partial charge on any atom is 0.472 e. The van der Waals surface area contributed by atoms with Crippen molar-refractivity contribution in [1.29, 1.82) is 0 Å². The molecule has 0 aliphatic carbocycles. The van der Waals surface area contributed by atoms with E-state index < -0.39 is 69.2 Å². The molecular weight excluding hydrogens is 693 g/mol. The van der Waals surface area contributed by atoms with Crippen LogP contribution < -0.4 is 17.0 Å². The Morgan fingerprint density at radius 2 is 1.89 bits per heavy atom. The molecule has 3 saturated heterocycles. The van der Waals surface area contributed by atoms with Gasteiger partial charge in [-0.3, -0.25) is 32.5 Å². The number of halogens is 1. The lowest BCUT2D eigenvalue weighted by Crippen LogP contribution is -2.39. The zero-order chi connectivity index (χ0) is 33.3. The number of aromatic amines is 1. The Morgan fingerprint density at radius 3 is 2.66 bits per heavy atom. The second kappa shape index (κ2) is 11.8. The van der Waals surface area contributed by atoms with E-state index in [2.05, 4.69) is 34.4 Å². The van der Waals surface area contributed by atoms with Crippen molar-refractivity contribution in [2.45, 2.75) is 49.0 Å². The van der Waals surface area contributed by atoms with Crippen molar-refractivity contribution in [3.05, 3.63) is 29.3 Å². The van der Waals surface area contributed by atoms with Crippen molar-refractivity contribution in [2.75, 3.05) is 38.4 Å². The number of H-pyrrole nitrogens is 1. The molecule has 4 aromatic rings. The van der Waals surface area contributed by atoms with Crippen LogP contribution in [0.1, 0.15) is 18.9 Å². The van der Waals surface area contributed by atoms with Gasteiger partial charge in [0.2, 0.25) is 5.95 Å². The van der Waals surface area contributed by atoms with Crippen LogP contribution in [0.2, 0.25) is 0 Å². The van der Waals surface area contributed by atoms with E-state index in [0.717, 1.165) is 18.0 Å². The highest BCUT2D eigenvalue weighted by atomic mass is 32.5.